The average Bonchev–Trinajstić information content (AvgIpc) is 3.04. The van der Waals surface area contributed by atoms with E-state index in [2.05, 4.69) is 31.5 Å². The van der Waals surface area contributed by atoms with Crippen molar-refractivity contribution in [3.05, 3.63) is 39.8 Å². The lowest BCUT2D eigenvalue weighted by Crippen LogP contribution is -2.33. The molecule has 2 aromatic heterocycles. The van der Waals surface area contributed by atoms with Crippen molar-refractivity contribution in [3.63, 3.8) is 0 Å². The zero-order valence-corrected chi connectivity index (χ0v) is 13.5. The van der Waals surface area contributed by atoms with Crippen molar-refractivity contribution in [2.24, 2.45) is 0 Å². The second kappa shape index (κ2) is 5.88. The van der Waals surface area contributed by atoms with Gasteiger partial charge in [-0.25, -0.2) is 13.1 Å². The summed E-state index contributed by atoms with van der Waals surface area (Å²) in [5, 5.41) is 8.72. The lowest BCUT2D eigenvalue weighted by atomic mass is 10.2. The van der Waals surface area contributed by atoms with E-state index in [1.165, 1.54) is 5.56 Å². The van der Waals surface area contributed by atoms with Gasteiger partial charge in [-0.15, -0.1) is 0 Å². The largest absolute Gasteiger partial charge is 0.291 e. The van der Waals surface area contributed by atoms with Crippen molar-refractivity contribution in [2.45, 2.75) is 26.2 Å². The van der Waals surface area contributed by atoms with Crippen LogP contribution in [0, 0.1) is 0 Å². The van der Waals surface area contributed by atoms with Crippen molar-refractivity contribution < 1.29 is 8.42 Å². The number of nitrogens with one attached hydrogen (secondary N) is 1. The van der Waals surface area contributed by atoms with Crippen LogP contribution in [0.3, 0.4) is 0 Å². The van der Waals surface area contributed by atoms with E-state index in [9.17, 15) is 8.42 Å². The minimum Gasteiger partial charge on any atom is -0.291 e. The molecular weight excluding hydrogens is 308 g/mol. The summed E-state index contributed by atoms with van der Waals surface area (Å²) in [6.07, 6.45) is 1.16. The van der Waals surface area contributed by atoms with Gasteiger partial charge >= 0.3 is 0 Å². The van der Waals surface area contributed by atoms with E-state index in [1.807, 2.05) is 10.7 Å². The molecule has 2 aromatic rings. The first-order chi connectivity index (χ1) is 9.99. The Morgan fingerprint density at radius 3 is 3.00 bits per heavy atom. The maximum Gasteiger partial charge on any atom is 0.209 e. The Balaban J connectivity index is 1.64. The zero-order chi connectivity index (χ0) is 14.9. The number of aromatic nitrogens is 2. The van der Waals surface area contributed by atoms with Gasteiger partial charge in [0.05, 0.1) is 30.7 Å². The Labute approximate surface area is 128 Å². The van der Waals surface area contributed by atoms with Gasteiger partial charge in [0, 0.05) is 19.6 Å². The highest BCUT2D eigenvalue weighted by molar-refractivity contribution is 7.88. The summed E-state index contributed by atoms with van der Waals surface area (Å²) in [4.78, 5) is 2.38. The van der Waals surface area contributed by atoms with Gasteiger partial charge in [-0.3, -0.25) is 9.58 Å². The molecule has 0 fully saturated rings. The standard InChI is InChI=1S/C13H18N4O2S2/c1-21(18,19)14-7-12-6-13-9-16(3-4-17(13)15-12)8-11-2-5-20-10-11/h2,5-6,10,14H,3-4,7-9H2,1H3. The molecule has 1 aliphatic heterocycles. The first kappa shape index (κ1) is 14.7. The van der Waals surface area contributed by atoms with Crippen LogP contribution in [-0.2, 0) is 36.2 Å². The fraction of sp³-hybridized carbons (Fsp3) is 0.462. The fourth-order valence-electron chi connectivity index (χ4n) is 2.45. The Kier molecular flexibility index (Phi) is 4.12. The highest BCUT2D eigenvalue weighted by atomic mass is 32.2. The topological polar surface area (TPSA) is 67.2 Å². The molecule has 21 heavy (non-hydrogen) atoms. The summed E-state index contributed by atoms with van der Waals surface area (Å²) in [6.45, 7) is 3.86. The average molecular weight is 326 g/mol. The molecule has 3 rings (SSSR count). The minimum absolute atomic E-state index is 0.253. The normalized spacial score (nSPS) is 16.0. The van der Waals surface area contributed by atoms with E-state index in [1.54, 1.807) is 11.3 Å². The molecule has 1 aliphatic rings. The molecule has 0 aromatic carbocycles. The predicted molar refractivity (Wildman–Crippen MR) is 82.3 cm³/mol. The van der Waals surface area contributed by atoms with Crippen LogP contribution in [0.2, 0.25) is 0 Å². The van der Waals surface area contributed by atoms with Gasteiger partial charge in [0.15, 0.2) is 0 Å². The van der Waals surface area contributed by atoms with Crippen LogP contribution < -0.4 is 4.72 Å². The Morgan fingerprint density at radius 1 is 1.43 bits per heavy atom. The summed E-state index contributed by atoms with van der Waals surface area (Å²) >= 11 is 1.72. The maximum absolute atomic E-state index is 11.1. The van der Waals surface area contributed by atoms with Crippen LogP contribution in [0.25, 0.3) is 0 Å². The Hall–Kier alpha value is -1.22. The molecule has 0 atom stereocenters. The number of thiophene rings is 1. The molecule has 0 bridgehead atoms. The molecule has 6 nitrogen and oxygen atoms in total. The van der Waals surface area contributed by atoms with Crippen LogP contribution in [0.5, 0.6) is 0 Å². The van der Waals surface area contributed by atoms with Crippen molar-refractivity contribution in [3.8, 4) is 0 Å². The van der Waals surface area contributed by atoms with E-state index < -0.39 is 10.0 Å². The first-order valence-corrected chi connectivity index (χ1v) is 9.57. The molecule has 0 unspecified atom stereocenters. The van der Waals surface area contributed by atoms with E-state index >= 15 is 0 Å². The van der Waals surface area contributed by atoms with Crippen molar-refractivity contribution >= 4 is 21.4 Å². The molecule has 8 heteroatoms. The highest BCUT2D eigenvalue weighted by Crippen LogP contribution is 2.17. The van der Waals surface area contributed by atoms with Crippen molar-refractivity contribution in [2.75, 3.05) is 12.8 Å². The van der Waals surface area contributed by atoms with E-state index in [0.29, 0.717) is 0 Å². The SMILES string of the molecule is CS(=O)(=O)NCc1cc2n(n1)CCN(Cc1ccsc1)C2. The highest BCUT2D eigenvalue weighted by Gasteiger charge is 2.18. The monoisotopic (exact) mass is 326 g/mol. The number of hydrogen-bond acceptors (Lipinski definition) is 5. The van der Waals surface area contributed by atoms with Gasteiger partial charge in [0.1, 0.15) is 0 Å². The Bertz CT molecular complexity index is 707. The molecule has 0 saturated heterocycles. The summed E-state index contributed by atoms with van der Waals surface area (Å²) in [6, 6.07) is 4.13. The fourth-order valence-corrected chi connectivity index (χ4v) is 3.52. The van der Waals surface area contributed by atoms with Gasteiger partial charge in [-0.05, 0) is 28.5 Å². The minimum atomic E-state index is -3.18. The summed E-state index contributed by atoms with van der Waals surface area (Å²) in [5.74, 6) is 0. The third-order valence-electron chi connectivity index (χ3n) is 3.43. The lowest BCUT2D eigenvalue weighted by Gasteiger charge is -2.27. The van der Waals surface area contributed by atoms with Crippen LogP contribution >= 0.6 is 11.3 Å². The maximum atomic E-state index is 11.1. The molecule has 0 saturated carbocycles. The molecule has 0 spiro atoms. The van der Waals surface area contributed by atoms with E-state index in [0.717, 1.165) is 43.8 Å². The van der Waals surface area contributed by atoms with E-state index in [4.69, 9.17) is 0 Å². The second-order valence-corrected chi connectivity index (χ2v) is 7.90. The summed E-state index contributed by atoms with van der Waals surface area (Å²) < 4.78 is 26.7. The van der Waals surface area contributed by atoms with Crippen LogP contribution in [0.4, 0.5) is 0 Å². The molecule has 114 valence electrons. The summed E-state index contributed by atoms with van der Waals surface area (Å²) in [7, 11) is -3.18. The first-order valence-electron chi connectivity index (χ1n) is 6.73. The van der Waals surface area contributed by atoms with Gasteiger partial charge in [0.25, 0.3) is 0 Å². The quantitative estimate of drug-likeness (QED) is 0.890. The molecule has 0 amide bonds. The van der Waals surface area contributed by atoms with Crippen LogP contribution in [-0.4, -0.2) is 35.9 Å². The van der Waals surface area contributed by atoms with Gasteiger partial charge in [-0.2, -0.15) is 16.4 Å². The van der Waals surface area contributed by atoms with Gasteiger partial charge in [-0.1, -0.05) is 0 Å². The molecule has 0 radical (unpaired) electrons. The second-order valence-electron chi connectivity index (χ2n) is 5.29. The Morgan fingerprint density at radius 2 is 2.29 bits per heavy atom. The number of rotatable bonds is 5. The summed E-state index contributed by atoms with van der Waals surface area (Å²) in [5.41, 5.74) is 3.25. The van der Waals surface area contributed by atoms with Crippen molar-refractivity contribution in [1.29, 1.82) is 0 Å². The third-order valence-corrected chi connectivity index (χ3v) is 4.83. The van der Waals surface area contributed by atoms with Gasteiger partial charge in [0.2, 0.25) is 10.0 Å². The molecule has 0 aliphatic carbocycles. The number of nitrogens with zero attached hydrogens (tertiary/aromatic N) is 3. The van der Waals surface area contributed by atoms with Gasteiger partial charge < -0.3 is 0 Å². The van der Waals surface area contributed by atoms with Crippen LogP contribution in [0.1, 0.15) is 17.0 Å². The lowest BCUT2D eigenvalue weighted by molar-refractivity contribution is 0.205. The van der Waals surface area contributed by atoms with Crippen molar-refractivity contribution in [1.82, 2.24) is 19.4 Å². The zero-order valence-electron chi connectivity index (χ0n) is 11.8. The van der Waals surface area contributed by atoms with E-state index in [-0.39, 0.29) is 6.54 Å². The number of fused-ring (bicyclic) bond motifs is 1. The third kappa shape index (κ3) is 3.91. The number of sulfonamides is 1. The predicted octanol–water partition coefficient (Wildman–Crippen LogP) is 1.01. The smallest absolute Gasteiger partial charge is 0.209 e. The molecule has 1 N–H and O–H groups in total. The van der Waals surface area contributed by atoms with Crippen LogP contribution in [0.15, 0.2) is 22.9 Å². The molecular formula is C13H18N4O2S2. The number of hydrogen-bond donors (Lipinski definition) is 1. The molecule has 3 heterocycles.